The second kappa shape index (κ2) is 8.43. The number of hydrogen-bond acceptors (Lipinski definition) is 4. The van der Waals surface area contributed by atoms with Crippen LogP contribution in [-0.2, 0) is 15.1 Å². The molecule has 0 aromatic heterocycles. The number of nitrogens with one attached hydrogen (secondary N) is 2. The van der Waals surface area contributed by atoms with Gasteiger partial charge >= 0.3 is 6.03 Å². The molecule has 2 fully saturated rings. The molecule has 1 aromatic rings. The van der Waals surface area contributed by atoms with Crippen molar-refractivity contribution in [3.8, 4) is 5.75 Å². The van der Waals surface area contributed by atoms with Gasteiger partial charge in [-0.25, -0.2) is 4.79 Å². The molecule has 4 amide bonds. The highest BCUT2D eigenvalue weighted by molar-refractivity contribution is 6.09. The van der Waals surface area contributed by atoms with Crippen molar-refractivity contribution in [1.29, 1.82) is 0 Å². The quantitative estimate of drug-likeness (QED) is 0.718. The van der Waals surface area contributed by atoms with Crippen molar-refractivity contribution in [3.05, 3.63) is 29.8 Å². The van der Waals surface area contributed by atoms with Gasteiger partial charge in [0.1, 0.15) is 17.8 Å². The molecule has 1 heterocycles. The third-order valence-corrected chi connectivity index (χ3v) is 6.64. The highest BCUT2D eigenvalue weighted by Crippen LogP contribution is 2.33. The van der Waals surface area contributed by atoms with Crippen molar-refractivity contribution in [2.75, 3.05) is 13.7 Å². The first-order valence-electron chi connectivity index (χ1n) is 10.4. The predicted molar refractivity (Wildman–Crippen MR) is 109 cm³/mol. The van der Waals surface area contributed by atoms with Gasteiger partial charge in [0.15, 0.2) is 0 Å². The molecule has 4 atom stereocenters. The highest BCUT2D eigenvalue weighted by atomic mass is 16.5. The van der Waals surface area contributed by atoms with Crippen LogP contribution in [-0.4, -0.2) is 42.4 Å². The summed E-state index contributed by atoms with van der Waals surface area (Å²) >= 11 is 0. The van der Waals surface area contributed by atoms with Gasteiger partial charge in [0.05, 0.1) is 7.11 Å². The number of nitrogens with zero attached hydrogens (tertiary/aromatic N) is 1. The van der Waals surface area contributed by atoms with Crippen LogP contribution in [0.25, 0.3) is 0 Å². The van der Waals surface area contributed by atoms with Crippen molar-refractivity contribution in [2.45, 2.75) is 58.0 Å². The molecule has 0 bridgehead atoms. The van der Waals surface area contributed by atoms with Gasteiger partial charge in [-0.05, 0) is 42.4 Å². The standard InChI is InChI=1S/C22H31N3O4/c1-5-22(16-9-11-17(29-4)12-10-16)20(27)25(21(28)24-22)13-19(26)23-18-8-6-7-14(2)15(18)3/h9-12,14-15,18H,5-8,13H2,1-4H3,(H,23,26)(H,24,28)/t14-,15-,18-,22-/m1/s1. The molecule has 1 saturated carbocycles. The Morgan fingerprint density at radius 1 is 1.24 bits per heavy atom. The van der Waals surface area contributed by atoms with E-state index in [-0.39, 0.29) is 18.5 Å². The molecule has 3 rings (SSSR count). The Bertz CT molecular complexity index is 779. The molecule has 0 unspecified atom stereocenters. The third kappa shape index (κ3) is 3.95. The summed E-state index contributed by atoms with van der Waals surface area (Å²) in [5.74, 6) is 0.915. The van der Waals surface area contributed by atoms with Crippen LogP contribution >= 0.6 is 0 Å². The average Bonchev–Trinajstić information content (AvgIpc) is 2.96. The van der Waals surface area contributed by atoms with Gasteiger partial charge in [-0.3, -0.25) is 14.5 Å². The number of methoxy groups -OCH3 is 1. The Morgan fingerprint density at radius 3 is 2.55 bits per heavy atom. The van der Waals surface area contributed by atoms with Crippen LogP contribution in [0.15, 0.2) is 24.3 Å². The molecular formula is C22H31N3O4. The van der Waals surface area contributed by atoms with E-state index in [0.717, 1.165) is 17.7 Å². The Balaban J connectivity index is 1.72. The fourth-order valence-corrected chi connectivity index (χ4v) is 4.47. The molecule has 7 heteroatoms. The molecular weight excluding hydrogens is 370 g/mol. The first-order valence-corrected chi connectivity index (χ1v) is 10.4. The van der Waals surface area contributed by atoms with Gasteiger partial charge in [-0.2, -0.15) is 0 Å². The normalized spacial score (nSPS) is 29.5. The number of hydrogen-bond donors (Lipinski definition) is 2. The second-order valence-corrected chi connectivity index (χ2v) is 8.25. The summed E-state index contributed by atoms with van der Waals surface area (Å²) in [7, 11) is 1.57. The topological polar surface area (TPSA) is 87.7 Å². The van der Waals surface area contributed by atoms with Crippen LogP contribution in [0, 0.1) is 11.8 Å². The molecule has 1 aliphatic carbocycles. The summed E-state index contributed by atoms with van der Waals surface area (Å²) in [6.07, 6.45) is 3.57. The van der Waals surface area contributed by atoms with E-state index in [1.165, 1.54) is 6.42 Å². The zero-order chi connectivity index (χ0) is 21.2. The Morgan fingerprint density at radius 2 is 1.93 bits per heavy atom. The zero-order valence-corrected chi connectivity index (χ0v) is 17.7. The van der Waals surface area contributed by atoms with E-state index in [1.54, 1.807) is 31.4 Å². The second-order valence-electron chi connectivity index (χ2n) is 8.25. The fourth-order valence-electron chi connectivity index (χ4n) is 4.47. The van der Waals surface area contributed by atoms with Gasteiger partial charge in [-0.1, -0.05) is 45.7 Å². The summed E-state index contributed by atoms with van der Waals surface area (Å²) in [5, 5.41) is 5.85. The van der Waals surface area contributed by atoms with Crippen molar-refractivity contribution in [1.82, 2.24) is 15.5 Å². The van der Waals surface area contributed by atoms with Crippen LogP contribution in [0.5, 0.6) is 5.75 Å². The lowest BCUT2D eigenvalue weighted by Gasteiger charge is -2.34. The maximum absolute atomic E-state index is 13.2. The summed E-state index contributed by atoms with van der Waals surface area (Å²) in [5.41, 5.74) is -0.479. The minimum atomic E-state index is -1.16. The van der Waals surface area contributed by atoms with Crippen LogP contribution in [0.1, 0.15) is 52.0 Å². The van der Waals surface area contributed by atoms with E-state index in [2.05, 4.69) is 24.5 Å². The molecule has 0 radical (unpaired) electrons. The van der Waals surface area contributed by atoms with E-state index < -0.39 is 17.5 Å². The van der Waals surface area contributed by atoms with Gasteiger partial charge in [-0.15, -0.1) is 0 Å². The lowest BCUT2D eigenvalue weighted by Crippen LogP contribution is -2.49. The van der Waals surface area contributed by atoms with E-state index in [1.807, 2.05) is 6.92 Å². The number of carbonyl (C=O) groups is 3. The minimum Gasteiger partial charge on any atom is -0.497 e. The summed E-state index contributed by atoms with van der Waals surface area (Å²) in [6, 6.07) is 6.61. The summed E-state index contributed by atoms with van der Waals surface area (Å²) in [6.45, 7) is 5.93. The number of rotatable bonds is 6. The van der Waals surface area contributed by atoms with Crippen molar-refractivity contribution in [2.24, 2.45) is 11.8 Å². The molecule has 2 aliphatic rings. The number of urea groups is 1. The van der Waals surface area contributed by atoms with Crippen LogP contribution in [0.4, 0.5) is 4.79 Å². The maximum Gasteiger partial charge on any atom is 0.325 e. The van der Waals surface area contributed by atoms with E-state index in [0.29, 0.717) is 29.6 Å². The average molecular weight is 402 g/mol. The first-order chi connectivity index (χ1) is 13.8. The van der Waals surface area contributed by atoms with E-state index >= 15 is 0 Å². The van der Waals surface area contributed by atoms with Gasteiger partial charge < -0.3 is 15.4 Å². The maximum atomic E-state index is 13.2. The van der Waals surface area contributed by atoms with Gasteiger partial charge in [0.25, 0.3) is 5.91 Å². The Labute approximate surface area is 172 Å². The summed E-state index contributed by atoms with van der Waals surface area (Å²) in [4.78, 5) is 39.4. The molecule has 2 N–H and O–H groups in total. The van der Waals surface area contributed by atoms with Crippen LogP contribution in [0.2, 0.25) is 0 Å². The molecule has 29 heavy (non-hydrogen) atoms. The molecule has 1 aliphatic heterocycles. The monoisotopic (exact) mass is 401 g/mol. The third-order valence-electron chi connectivity index (χ3n) is 6.64. The molecule has 1 saturated heterocycles. The molecule has 7 nitrogen and oxygen atoms in total. The van der Waals surface area contributed by atoms with Crippen LogP contribution < -0.4 is 15.4 Å². The lowest BCUT2D eigenvalue weighted by molar-refractivity contribution is -0.135. The minimum absolute atomic E-state index is 0.0875. The number of benzene rings is 1. The number of imide groups is 1. The molecule has 1 aromatic carbocycles. The predicted octanol–water partition coefficient (Wildman–Crippen LogP) is 2.79. The lowest BCUT2D eigenvalue weighted by atomic mass is 9.78. The zero-order valence-electron chi connectivity index (χ0n) is 17.7. The van der Waals surface area contributed by atoms with Crippen molar-refractivity contribution < 1.29 is 19.1 Å². The Hall–Kier alpha value is -2.57. The van der Waals surface area contributed by atoms with E-state index in [9.17, 15) is 14.4 Å². The highest BCUT2D eigenvalue weighted by Gasteiger charge is 2.51. The molecule has 158 valence electrons. The Kier molecular flexibility index (Phi) is 6.15. The van der Waals surface area contributed by atoms with Gasteiger partial charge in [0, 0.05) is 6.04 Å². The van der Waals surface area contributed by atoms with Crippen molar-refractivity contribution >= 4 is 17.8 Å². The SMILES string of the molecule is CC[C@]1(c2ccc(OC)cc2)NC(=O)N(CC(=O)N[C@@H]2CCC[C@@H](C)[C@H]2C)C1=O. The van der Waals surface area contributed by atoms with E-state index in [4.69, 9.17) is 4.74 Å². The van der Waals surface area contributed by atoms with Crippen molar-refractivity contribution in [3.63, 3.8) is 0 Å². The van der Waals surface area contributed by atoms with Crippen LogP contribution in [0.3, 0.4) is 0 Å². The number of ether oxygens (including phenoxy) is 1. The smallest absolute Gasteiger partial charge is 0.325 e. The number of carbonyl (C=O) groups excluding carboxylic acids is 3. The largest absolute Gasteiger partial charge is 0.497 e. The summed E-state index contributed by atoms with van der Waals surface area (Å²) < 4.78 is 5.17. The first kappa shape index (κ1) is 21.1. The fraction of sp³-hybridized carbons (Fsp3) is 0.591. The van der Waals surface area contributed by atoms with Gasteiger partial charge in [0.2, 0.25) is 5.91 Å². The number of amides is 4. The molecule has 0 spiro atoms.